The third-order valence-electron chi connectivity index (χ3n) is 5.10. The Kier molecular flexibility index (Phi) is 7.71. The molecule has 1 aliphatic heterocycles. The van der Waals surface area contributed by atoms with E-state index >= 15 is 0 Å². The van der Waals surface area contributed by atoms with Crippen molar-refractivity contribution in [1.29, 1.82) is 0 Å². The first-order chi connectivity index (χ1) is 15.0. The van der Waals surface area contributed by atoms with Crippen LogP contribution < -0.4 is 9.64 Å². The number of carbonyl (C=O) groups is 1. The number of piperidine rings is 1. The average molecular weight is 430 g/mol. The number of hydrogen-bond acceptors (Lipinski definition) is 9. The van der Waals surface area contributed by atoms with Crippen LogP contribution in [-0.2, 0) is 20.7 Å². The highest BCUT2D eigenvalue weighted by Gasteiger charge is 2.33. The van der Waals surface area contributed by atoms with Gasteiger partial charge in [0.1, 0.15) is 12.1 Å². The second-order valence-corrected chi connectivity index (χ2v) is 7.11. The Morgan fingerprint density at radius 2 is 1.94 bits per heavy atom. The first-order valence-electron chi connectivity index (χ1n) is 10.2. The zero-order valence-corrected chi connectivity index (χ0v) is 17.7. The lowest BCUT2D eigenvalue weighted by Crippen LogP contribution is -2.37. The molecule has 1 fully saturated rings. The molecule has 0 spiro atoms. The summed E-state index contributed by atoms with van der Waals surface area (Å²) in [5.74, 6) is 0.0814. The minimum absolute atomic E-state index is 0.118. The van der Waals surface area contributed by atoms with Crippen molar-refractivity contribution in [2.45, 2.75) is 26.2 Å². The van der Waals surface area contributed by atoms with Gasteiger partial charge in [-0.1, -0.05) is 12.1 Å². The number of esters is 1. The highest BCUT2D eigenvalue weighted by Crippen LogP contribution is 2.37. The van der Waals surface area contributed by atoms with Crippen molar-refractivity contribution < 1.29 is 23.9 Å². The van der Waals surface area contributed by atoms with Crippen LogP contribution in [0.3, 0.4) is 0 Å². The third-order valence-corrected chi connectivity index (χ3v) is 5.10. The summed E-state index contributed by atoms with van der Waals surface area (Å²) in [7, 11) is 1.64. The number of carbonyl (C=O) groups excluding carboxylic acids is 1. The average Bonchev–Trinajstić information content (AvgIpc) is 2.78. The third kappa shape index (κ3) is 5.66. The Morgan fingerprint density at radius 3 is 2.55 bits per heavy atom. The number of anilines is 1. The maximum absolute atomic E-state index is 12.0. The van der Waals surface area contributed by atoms with Crippen LogP contribution in [0.2, 0.25) is 0 Å². The van der Waals surface area contributed by atoms with Gasteiger partial charge in [-0.05, 0) is 43.9 Å². The highest BCUT2D eigenvalue weighted by molar-refractivity contribution is 5.73. The monoisotopic (exact) mass is 430 g/mol. The summed E-state index contributed by atoms with van der Waals surface area (Å²) >= 11 is 0. The summed E-state index contributed by atoms with van der Waals surface area (Å²) in [6.45, 7) is 3.62. The van der Waals surface area contributed by atoms with E-state index in [4.69, 9.17) is 14.2 Å². The molecule has 1 aromatic carbocycles. The number of ether oxygens (including phenoxy) is 3. The van der Waals surface area contributed by atoms with Crippen molar-refractivity contribution in [3.8, 4) is 11.6 Å². The molecule has 2 aromatic rings. The summed E-state index contributed by atoms with van der Waals surface area (Å²) < 4.78 is 15.9. The fraction of sp³-hybridized carbons (Fsp3) is 0.476. The van der Waals surface area contributed by atoms with Gasteiger partial charge >= 0.3 is 17.5 Å². The first kappa shape index (κ1) is 22.4. The Morgan fingerprint density at radius 1 is 1.23 bits per heavy atom. The van der Waals surface area contributed by atoms with Crippen LogP contribution in [-0.4, -0.2) is 54.3 Å². The molecule has 1 saturated heterocycles. The van der Waals surface area contributed by atoms with Crippen molar-refractivity contribution in [2.75, 3.05) is 38.3 Å². The number of rotatable bonds is 9. The molecule has 10 heteroatoms. The topological polar surface area (TPSA) is 117 Å². The fourth-order valence-corrected chi connectivity index (χ4v) is 3.46. The normalized spacial score (nSPS) is 14.3. The molecule has 0 aliphatic carbocycles. The summed E-state index contributed by atoms with van der Waals surface area (Å²) in [5.41, 5.74) is 0.775. The second-order valence-electron chi connectivity index (χ2n) is 7.11. The Bertz CT molecular complexity index is 897. The van der Waals surface area contributed by atoms with Crippen molar-refractivity contribution in [1.82, 2.24) is 9.97 Å². The zero-order valence-electron chi connectivity index (χ0n) is 17.7. The van der Waals surface area contributed by atoms with E-state index in [0.717, 1.165) is 12.0 Å². The number of aromatic nitrogens is 2. The van der Waals surface area contributed by atoms with Gasteiger partial charge in [-0.15, -0.1) is 0 Å². The molecule has 3 rings (SSSR count). The molecule has 0 bridgehead atoms. The van der Waals surface area contributed by atoms with Gasteiger partial charge in [-0.2, -0.15) is 4.98 Å². The molecule has 0 atom stereocenters. The Labute approximate surface area is 180 Å². The van der Waals surface area contributed by atoms with Crippen LogP contribution in [0.4, 0.5) is 11.5 Å². The SMILES string of the molecule is CCOC(=O)C1CCN(c2ncnc(Oc3ccc(CCOC)cc3)c2[N+](=O)[O-])CC1. The van der Waals surface area contributed by atoms with Crippen LogP contribution in [0.25, 0.3) is 0 Å². The minimum Gasteiger partial charge on any atom is -0.466 e. The molecule has 10 nitrogen and oxygen atoms in total. The van der Waals surface area contributed by atoms with Crippen LogP contribution in [0.15, 0.2) is 30.6 Å². The van der Waals surface area contributed by atoms with Gasteiger partial charge < -0.3 is 19.1 Å². The van der Waals surface area contributed by atoms with E-state index in [1.54, 1.807) is 31.1 Å². The first-order valence-corrected chi connectivity index (χ1v) is 10.2. The number of nitrogens with zero attached hydrogens (tertiary/aromatic N) is 4. The van der Waals surface area contributed by atoms with Crippen LogP contribution in [0.1, 0.15) is 25.3 Å². The number of benzene rings is 1. The highest BCUT2D eigenvalue weighted by atomic mass is 16.6. The van der Waals surface area contributed by atoms with E-state index in [1.807, 2.05) is 12.1 Å². The predicted octanol–water partition coefficient (Wildman–Crippen LogP) is 3.15. The van der Waals surface area contributed by atoms with Crippen LogP contribution in [0.5, 0.6) is 11.6 Å². The molecule has 31 heavy (non-hydrogen) atoms. The fourth-order valence-electron chi connectivity index (χ4n) is 3.46. The Hall–Kier alpha value is -3.27. The maximum Gasteiger partial charge on any atom is 0.373 e. The van der Waals surface area contributed by atoms with Gasteiger partial charge in [-0.25, -0.2) is 4.98 Å². The van der Waals surface area contributed by atoms with E-state index in [9.17, 15) is 14.9 Å². The minimum atomic E-state index is -0.533. The molecule has 1 aromatic heterocycles. The van der Waals surface area contributed by atoms with E-state index in [2.05, 4.69) is 9.97 Å². The number of methoxy groups -OCH3 is 1. The van der Waals surface area contributed by atoms with E-state index in [-0.39, 0.29) is 29.3 Å². The molecule has 1 aliphatic rings. The van der Waals surface area contributed by atoms with Crippen LogP contribution >= 0.6 is 0 Å². The molecule has 2 heterocycles. The van der Waals surface area contributed by atoms with Gasteiger partial charge in [-0.3, -0.25) is 14.9 Å². The summed E-state index contributed by atoms with van der Waals surface area (Å²) in [6, 6.07) is 7.23. The molecule has 0 N–H and O–H groups in total. The lowest BCUT2D eigenvalue weighted by Gasteiger charge is -2.31. The molecule has 0 saturated carbocycles. The summed E-state index contributed by atoms with van der Waals surface area (Å²) in [5, 5.41) is 11.8. The zero-order chi connectivity index (χ0) is 22.2. The van der Waals surface area contributed by atoms with Gasteiger partial charge in [0.15, 0.2) is 0 Å². The predicted molar refractivity (Wildman–Crippen MR) is 112 cm³/mol. The van der Waals surface area contributed by atoms with Gasteiger partial charge in [0.25, 0.3) is 0 Å². The van der Waals surface area contributed by atoms with Crippen molar-refractivity contribution >= 4 is 17.5 Å². The Balaban J connectivity index is 1.76. The van der Waals surface area contributed by atoms with E-state index in [1.165, 1.54) is 6.33 Å². The molecular formula is C21H26N4O6. The largest absolute Gasteiger partial charge is 0.466 e. The lowest BCUT2D eigenvalue weighted by molar-refractivity contribution is -0.385. The van der Waals surface area contributed by atoms with Crippen molar-refractivity contribution in [3.05, 3.63) is 46.3 Å². The van der Waals surface area contributed by atoms with Gasteiger partial charge in [0.05, 0.1) is 24.1 Å². The number of nitro groups is 1. The molecule has 0 unspecified atom stereocenters. The van der Waals surface area contributed by atoms with Gasteiger partial charge in [0.2, 0.25) is 5.82 Å². The molecular weight excluding hydrogens is 404 g/mol. The lowest BCUT2D eigenvalue weighted by atomic mass is 9.97. The maximum atomic E-state index is 12.0. The molecule has 0 amide bonds. The van der Waals surface area contributed by atoms with E-state index in [0.29, 0.717) is 44.9 Å². The standard InChI is InChI=1S/C21H26N4O6/c1-3-30-21(26)16-8-11-24(12-9-16)19-18(25(27)28)20(23-14-22-19)31-17-6-4-15(5-7-17)10-13-29-2/h4-7,14,16H,3,8-13H2,1-2H3. The van der Waals surface area contributed by atoms with Crippen LogP contribution in [0, 0.1) is 16.0 Å². The van der Waals surface area contributed by atoms with Crippen molar-refractivity contribution in [2.24, 2.45) is 5.92 Å². The van der Waals surface area contributed by atoms with Crippen molar-refractivity contribution in [3.63, 3.8) is 0 Å². The second kappa shape index (κ2) is 10.7. The number of hydrogen-bond donors (Lipinski definition) is 0. The quantitative estimate of drug-likeness (QED) is 0.336. The van der Waals surface area contributed by atoms with Gasteiger partial charge in [0, 0.05) is 20.2 Å². The molecule has 0 radical (unpaired) electrons. The summed E-state index contributed by atoms with van der Waals surface area (Å²) in [4.78, 5) is 33.2. The smallest absolute Gasteiger partial charge is 0.373 e. The summed E-state index contributed by atoms with van der Waals surface area (Å²) in [6.07, 6.45) is 3.09. The van der Waals surface area contributed by atoms with E-state index < -0.39 is 4.92 Å². The molecule has 166 valence electrons.